The van der Waals surface area contributed by atoms with Crippen LogP contribution in [0.2, 0.25) is 0 Å². The quantitative estimate of drug-likeness (QED) is 0.387. The Kier molecular flexibility index (Phi) is 6.38. The lowest BCUT2D eigenvalue weighted by Crippen LogP contribution is -2.43. The molecule has 1 heterocycles. The highest BCUT2D eigenvalue weighted by atomic mass is 35.6. The molecule has 112 valence electrons. The van der Waals surface area contributed by atoms with Crippen LogP contribution in [-0.2, 0) is 4.79 Å². The molecule has 0 aliphatic carbocycles. The van der Waals surface area contributed by atoms with E-state index in [-0.39, 0.29) is 11.8 Å². The Morgan fingerprint density at radius 3 is 2.15 bits per heavy atom. The minimum Gasteiger partial charge on any atom is -0.340 e. The molecule has 0 saturated carbocycles. The van der Waals surface area contributed by atoms with Gasteiger partial charge in [0.25, 0.3) is 0 Å². The Labute approximate surface area is 138 Å². The van der Waals surface area contributed by atoms with E-state index in [1.165, 1.54) is 0 Å². The van der Waals surface area contributed by atoms with Crippen LogP contribution in [0, 0.1) is 19.8 Å². The second-order valence-corrected chi connectivity index (χ2v) is 8.08. The molecule has 20 heavy (non-hydrogen) atoms. The SMILES string of the molecule is Cc1cc(C)nc(SC(NC(=O)C(C)C)C(Cl)(Cl)Cl)n1. The highest BCUT2D eigenvalue weighted by molar-refractivity contribution is 8.00. The van der Waals surface area contributed by atoms with Crippen molar-refractivity contribution >= 4 is 52.5 Å². The molecule has 1 atom stereocenters. The van der Waals surface area contributed by atoms with E-state index in [9.17, 15) is 4.79 Å². The average molecular weight is 357 g/mol. The van der Waals surface area contributed by atoms with Crippen LogP contribution in [0.5, 0.6) is 0 Å². The molecule has 1 N–H and O–H groups in total. The minimum atomic E-state index is -1.66. The Balaban J connectivity index is 2.93. The normalized spacial score (nSPS) is 13.4. The van der Waals surface area contributed by atoms with Gasteiger partial charge in [0.05, 0.1) is 0 Å². The Hall–Kier alpha value is -0.230. The Morgan fingerprint density at radius 2 is 1.75 bits per heavy atom. The molecule has 0 aliphatic heterocycles. The number of nitrogens with zero attached hydrogens (tertiary/aromatic N) is 2. The van der Waals surface area contributed by atoms with Crippen LogP contribution in [0.4, 0.5) is 0 Å². The van der Waals surface area contributed by atoms with Crippen LogP contribution in [0.25, 0.3) is 0 Å². The van der Waals surface area contributed by atoms with Gasteiger partial charge in [-0.25, -0.2) is 9.97 Å². The zero-order chi connectivity index (χ0) is 15.5. The molecule has 0 saturated heterocycles. The van der Waals surface area contributed by atoms with Crippen molar-refractivity contribution in [3.05, 3.63) is 17.5 Å². The predicted octanol–water partition coefficient (Wildman–Crippen LogP) is 3.65. The van der Waals surface area contributed by atoms with Gasteiger partial charge >= 0.3 is 0 Å². The number of aryl methyl sites for hydroxylation is 2. The van der Waals surface area contributed by atoms with Crippen LogP contribution in [0.1, 0.15) is 25.2 Å². The van der Waals surface area contributed by atoms with Crippen LogP contribution >= 0.6 is 46.6 Å². The minimum absolute atomic E-state index is 0.196. The second-order valence-electron chi connectivity index (χ2n) is 4.64. The van der Waals surface area contributed by atoms with E-state index in [1.54, 1.807) is 13.8 Å². The van der Waals surface area contributed by atoms with Gasteiger partial charge in [0.2, 0.25) is 9.70 Å². The van der Waals surface area contributed by atoms with E-state index >= 15 is 0 Å². The maximum absolute atomic E-state index is 11.8. The fourth-order valence-corrected chi connectivity index (χ4v) is 2.80. The Morgan fingerprint density at radius 1 is 1.25 bits per heavy atom. The number of hydrogen-bond donors (Lipinski definition) is 1. The highest BCUT2D eigenvalue weighted by Crippen LogP contribution is 2.38. The van der Waals surface area contributed by atoms with Gasteiger partial charge in [0.15, 0.2) is 5.16 Å². The van der Waals surface area contributed by atoms with Crippen molar-refractivity contribution in [1.82, 2.24) is 15.3 Å². The lowest BCUT2D eigenvalue weighted by atomic mass is 10.2. The number of hydrogen-bond acceptors (Lipinski definition) is 4. The smallest absolute Gasteiger partial charge is 0.223 e. The van der Waals surface area contributed by atoms with E-state index in [2.05, 4.69) is 15.3 Å². The summed E-state index contributed by atoms with van der Waals surface area (Å²) in [6, 6.07) is 1.85. The maximum atomic E-state index is 11.8. The van der Waals surface area contributed by atoms with Crippen molar-refractivity contribution in [3.63, 3.8) is 0 Å². The molecule has 0 aliphatic rings. The Bertz CT molecular complexity index is 471. The first kappa shape index (κ1) is 17.8. The van der Waals surface area contributed by atoms with Gasteiger partial charge in [-0.05, 0) is 19.9 Å². The molecule has 1 unspecified atom stereocenters. The first-order valence-corrected chi connectivity index (χ1v) is 7.97. The predicted molar refractivity (Wildman–Crippen MR) is 84.4 cm³/mol. The lowest BCUT2D eigenvalue weighted by Gasteiger charge is -2.25. The zero-order valence-electron chi connectivity index (χ0n) is 11.6. The summed E-state index contributed by atoms with van der Waals surface area (Å²) >= 11 is 18.9. The molecule has 0 radical (unpaired) electrons. The fraction of sp³-hybridized carbons (Fsp3) is 0.583. The van der Waals surface area contributed by atoms with Crippen molar-refractivity contribution < 1.29 is 4.79 Å². The topological polar surface area (TPSA) is 54.9 Å². The third-order valence-electron chi connectivity index (χ3n) is 2.28. The second kappa shape index (κ2) is 7.16. The number of carbonyl (C=O) groups excluding carboxylic acids is 1. The molecule has 0 spiro atoms. The molecular formula is C12H16Cl3N3OS. The van der Waals surface area contributed by atoms with Crippen LogP contribution in [-0.4, -0.2) is 25.0 Å². The number of alkyl halides is 3. The summed E-state index contributed by atoms with van der Waals surface area (Å²) in [4.78, 5) is 20.3. The van der Waals surface area contributed by atoms with E-state index in [0.29, 0.717) is 5.16 Å². The number of carbonyl (C=O) groups is 1. The monoisotopic (exact) mass is 355 g/mol. The van der Waals surface area contributed by atoms with Crippen molar-refractivity contribution in [1.29, 1.82) is 0 Å². The zero-order valence-corrected chi connectivity index (χ0v) is 14.7. The van der Waals surface area contributed by atoms with E-state index in [0.717, 1.165) is 23.1 Å². The molecule has 8 heteroatoms. The molecule has 0 fully saturated rings. The van der Waals surface area contributed by atoms with Crippen molar-refractivity contribution in [3.8, 4) is 0 Å². The number of rotatable bonds is 4. The van der Waals surface area contributed by atoms with E-state index in [1.807, 2.05) is 19.9 Å². The van der Waals surface area contributed by atoms with Gasteiger partial charge in [0, 0.05) is 17.3 Å². The highest BCUT2D eigenvalue weighted by Gasteiger charge is 2.36. The molecule has 1 amide bonds. The number of aromatic nitrogens is 2. The molecule has 1 aromatic heterocycles. The van der Waals surface area contributed by atoms with E-state index < -0.39 is 9.17 Å². The number of amides is 1. The standard InChI is InChI=1S/C12H16Cl3N3OS/c1-6(2)9(19)18-10(12(13,14)15)20-11-16-7(3)5-8(4)17-11/h5-6,10H,1-4H3,(H,18,19). The summed E-state index contributed by atoms with van der Waals surface area (Å²) in [7, 11) is 0. The fourth-order valence-electron chi connectivity index (χ4n) is 1.33. The number of thioether (sulfide) groups is 1. The summed E-state index contributed by atoms with van der Waals surface area (Å²) in [5.41, 5.74) is 1.64. The number of halogens is 3. The lowest BCUT2D eigenvalue weighted by molar-refractivity contribution is -0.124. The van der Waals surface area contributed by atoms with Gasteiger partial charge in [-0.2, -0.15) is 0 Å². The average Bonchev–Trinajstić information content (AvgIpc) is 2.25. The van der Waals surface area contributed by atoms with Gasteiger partial charge in [-0.3, -0.25) is 4.79 Å². The summed E-state index contributed by atoms with van der Waals surface area (Å²) in [6.07, 6.45) is 0. The van der Waals surface area contributed by atoms with E-state index in [4.69, 9.17) is 34.8 Å². The van der Waals surface area contributed by atoms with Gasteiger partial charge < -0.3 is 5.32 Å². The largest absolute Gasteiger partial charge is 0.340 e. The maximum Gasteiger partial charge on any atom is 0.223 e. The summed E-state index contributed by atoms with van der Waals surface area (Å²) in [6.45, 7) is 7.25. The third kappa shape index (κ3) is 5.64. The first-order chi connectivity index (χ1) is 9.09. The third-order valence-corrected chi connectivity index (χ3v) is 4.42. The van der Waals surface area contributed by atoms with Crippen LogP contribution < -0.4 is 5.32 Å². The molecule has 0 aromatic carbocycles. The summed E-state index contributed by atoms with van der Waals surface area (Å²) in [5, 5.41) is 2.39. The summed E-state index contributed by atoms with van der Waals surface area (Å²) < 4.78 is -1.66. The van der Waals surface area contributed by atoms with Crippen molar-refractivity contribution in [2.75, 3.05) is 0 Å². The first-order valence-electron chi connectivity index (χ1n) is 5.95. The van der Waals surface area contributed by atoms with Gasteiger partial charge in [-0.1, -0.05) is 60.4 Å². The van der Waals surface area contributed by atoms with Crippen molar-refractivity contribution in [2.24, 2.45) is 5.92 Å². The molecule has 1 rings (SSSR count). The molecule has 1 aromatic rings. The van der Waals surface area contributed by atoms with Crippen LogP contribution in [0.15, 0.2) is 11.2 Å². The molecule has 0 bridgehead atoms. The molecule has 4 nitrogen and oxygen atoms in total. The van der Waals surface area contributed by atoms with Crippen LogP contribution in [0.3, 0.4) is 0 Å². The molecular weight excluding hydrogens is 341 g/mol. The van der Waals surface area contributed by atoms with Crippen molar-refractivity contribution in [2.45, 2.75) is 42.0 Å². The van der Waals surface area contributed by atoms with Gasteiger partial charge in [0.1, 0.15) is 5.37 Å². The number of nitrogens with one attached hydrogen (secondary N) is 1. The van der Waals surface area contributed by atoms with Gasteiger partial charge in [-0.15, -0.1) is 0 Å². The summed E-state index contributed by atoms with van der Waals surface area (Å²) in [5.74, 6) is -0.399.